The van der Waals surface area contributed by atoms with Crippen molar-refractivity contribution in [2.45, 2.75) is 45.0 Å². The molecule has 0 aromatic carbocycles. The second-order valence-electron chi connectivity index (χ2n) is 4.62. The predicted octanol–water partition coefficient (Wildman–Crippen LogP) is 2.96. The number of halogens is 1. The molecular formula is C13H16BrNO3. The summed E-state index contributed by atoms with van der Waals surface area (Å²) in [5.41, 5.74) is 0.517. The third kappa shape index (κ3) is 3.53. The zero-order valence-corrected chi connectivity index (χ0v) is 12.0. The van der Waals surface area contributed by atoms with Crippen LogP contribution in [-0.2, 0) is 9.47 Å². The Kier molecular flexibility index (Phi) is 4.35. The molecule has 1 aromatic rings. The van der Waals surface area contributed by atoms with Crippen LogP contribution in [0, 0.1) is 0 Å². The molecule has 98 valence electrons. The number of pyridine rings is 1. The number of ether oxygens (including phenoxy) is 2. The molecule has 2 atom stereocenters. The van der Waals surface area contributed by atoms with Gasteiger partial charge >= 0.3 is 5.97 Å². The molecule has 0 N–H and O–H groups in total. The van der Waals surface area contributed by atoms with Gasteiger partial charge in [-0.15, -0.1) is 0 Å². The van der Waals surface area contributed by atoms with E-state index >= 15 is 0 Å². The van der Waals surface area contributed by atoms with Crippen molar-refractivity contribution in [3.05, 3.63) is 28.5 Å². The first-order valence-electron chi connectivity index (χ1n) is 6.02. The molecule has 1 aliphatic heterocycles. The molecule has 4 nitrogen and oxygen atoms in total. The summed E-state index contributed by atoms with van der Waals surface area (Å²) in [4.78, 5) is 15.9. The van der Waals surface area contributed by atoms with E-state index in [0.29, 0.717) is 10.2 Å². The summed E-state index contributed by atoms with van der Waals surface area (Å²) in [6.45, 7) is 4.00. The van der Waals surface area contributed by atoms with Crippen LogP contribution in [0.5, 0.6) is 0 Å². The fraction of sp³-hybridized carbons (Fsp3) is 0.538. The maximum atomic E-state index is 12.0. The number of hydrogen-bond donors (Lipinski definition) is 0. The van der Waals surface area contributed by atoms with E-state index in [0.717, 1.165) is 12.8 Å². The standard InChI is InChI=1S/C13H16BrNO3/c1-8-5-11(6-9(2)17-8)18-13(16)10-3-4-15-12(14)7-10/h3-4,7-9,11H,5-6H2,1-2H3. The van der Waals surface area contributed by atoms with E-state index < -0.39 is 0 Å². The minimum Gasteiger partial charge on any atom is -0.459 e. The van der Waals surface area contributed by atoms with Crippen LogP contribution >= 0.6 is 15.9 Å². The summed E-state index contributed by atoms with van der Waals surface area (Å²) in [5.74, 6) is -0.301. The van der Waals surface area contributed by atoms with Crippen molar-refractivity contribution in [2.75, 3.05) is 0 Å². The fourth-order valence-corrected chi connectivity index (χ4v) is 2.55. The SMILES string of the molecule is CC1CC(OC(=O)c2ccnc(Br)c2)CC(C)O1. The van der Waals surface area contributed by atoms with E-state index in [4.69, 9.17) is 9.47 Å². The van der Waals surface area contributed by atoms with Crippen LogP contribution in [0.3, 0.4) is 0 Å². The summed E-state index contributed by atoms with van der Waals surface area (Å²) in [6, 6.07) is 3.31. The largest absolute Gasteiger partial charge is 0.459 e. The zero-order valence-electron chi connectivity index (χ0n) is 10.4. The number of aromatic nitrogens is 1. The highest BCUT2D eigenvalue weighted by Gasteiger charge is 2.27. The van der Waals surface area contributed by atoms with Gasteiger partial charge in [0.1, 0.15) is 10.7 Å². The zero-order chi connectivity index (χ0) is 13.1. The van der Waals surface area contributed by atoms with Gasteiger partial charge in [-0.2, -0.15) is 0 Å². The van der Waals surface area contributed by atoms with Crippen molar-refractivity contribution >= 4 is 21.9 Å². The maximum Gasteiger partial charge on any atom is 0.338 e. The lowest BCUT2D eigenvalue weighted by molar-refractivity contribution is -0.0855. The third-order valence-corrected chi connectivity index (χ3v) is 3.32. The number of carbonyl (C=O) groups is 1. The van der Waals surface area contributed by atoms with Crippen LogP contribution in [0.25, 0.3) is 0 Å². The molecule has 0 radical (unpaired) electrons. The van der Waals surface area contributed by atoms with E-state index in [2.05, 4.69) is 20.9 Å². The maximum absolute atomic E-state index is 12.0. The van der Waals surface area contributed by atoms with Gasteiger partial charge in [-0.1, -0.05) is 0 Å². The summed E-state index contributed by atoms with van der Waals surface area (Å²) >= 11 is 3.24. The molecule has 2 rings (SSSR count). The molecular weight excluding hydrogens is 298 g/mol. The van der Waals surface area contributed by atoms with Crippen molar-refractivity contribution < 1.29 is 14.3 Å². The van der Waals surface area contributed by atoms with Crippen molar-refractivity contribution in [3.8, 4) is 0 Å². The predicted molar refractivity (Wildman–Crippen MR) is 70.4 cm³/mol. The molecule has 2 unspecified atom stereocenters. The summed E-state index contributed by atoms with van der Waals surface area (Å²) in [5, 5.41) is 0. The first-order valence-corrected chi connectivity index (χ1v) is 6.82. The first kappa shape index (κ1) is 13.5. The van der Waals surface area contributed by atoms with Gasteiger partial charge in [-0.3, -0.25) is 0 Å². The Balaban J connectivity index is 1.99. The second-order valence-corrected chi connectivity index (χ2v) is 5.44. The van der Waals surface area contributed by atoms with Crippen LogP contribution < -0.4 is 0 Å². The van der Waals surface area contributed by atoms with E-state index in [1.54, 1.807) is 18.3 Å². The highest BCUT2D eigenvalue weighted by atomic mass is 79.9. The minimum atomic E-state index is -0.301. The number of rotatable bonds is 2. The number of carbonyl (C=O) groups excluding carboxylic acids is 1. The topological polar surface area (TPSA) is 48.4 Å². The van der Waals surface area contributed by atoms with Crippen LogP contribution in [0.2, 0.25) is 0 Å². The molecule has 1 fully saturated rings. The lowest BCUT2D eigenvalue weighted by Gasteiger charge is -2.31. The van der Waals surface area contributed by atoms with E-state index in [9.17, 15) is 4.79 Å². The molecule has 2 heterocycles. The van der Waals surface area contributed by atoms with Crippen molar-refractivity contribution in [1.82, 2.24) is 4.98 Å². The molecule has 0 amide bonds. The highest BCUT2D eigenvalue weighted by Crippen LogP contribution is 2.22. The van der Waals surface area contributed by atoms with Gasteiger partial charge in [0.05, 0.1) is 17.8 Å². The molecule has 0 aliphatic carbocycles. The molecule has 1 aromatic heterocycles. The Morgan fingerprint density at radius 3 is 2.72 bits per heavy atom. The molecule has 0 saturated carbocycles. The van der Waals surface area contributed by atoms with Crippen LogP contribution in [0.4, 0.5) is 0 Å². The number of hydrogen-bond acceptors (Lipinski definition) is 4. The molecule has 1 saturated heterocycles. The third-order valence-electron chi connectivity index (χ3n) is 2.89. The molecule has 0 spiro atoms. The molecule has 18 heavy (non-hydrogen) atoms. The molecule has 0 bridgehead atoms. The summed E-state index contributed by atoms with van der Waals surface area (Å²) in [7, 11) is 0. The van der Waals surface area contributed by atoms with Crippen LogP contribution in [0.1, 0.15) is 37.0 Å². The van der Waals surface area contributed by atoms with Gasteiger partial charge in [-0.05, 0) is 41.9 Å². The Morgan fingerprint density at radius 1 is 1.44 bits per heavy atom. The van der Waals surface area contributed by atoms with Crippen LogP contribution in [-0.4, -0.2) is 29.3 Å². The van der Waals surface area contributed by atoms with Gasteiger partial charge in [-0.25, -0.2) is 9.78 Å². The summed E-state index contributed by atoms with van der Waals surface area (Å²) < 4.78 is 11.7. The van der Waals surface area contributed by atoms with E-state index in [1.165, 1.54) is 0 Å². The second kappa shape index (κ2) is 5.80. The van der Waals surface area contributed by atoms with Crippen LogP contribution in [0.15, 0.2) is 22.9 Å². The Bertz CT molecular complexity index is 428. The van der Waals surface area contributed by atoms with Gasteiger partial charge in [0.15, 0.2) is 0 Å². The summed E-state index contributed by atoms with van der Waals surface area (Å²) in [6.07, 6.45) is 3.29. The Labute approximate surface area is 115 Å². The minimum absolute atomic E-state index is 0.0665. The monoisotopic (exact) mass is 313 g/mol. The first-order chi connectivity index (χ1) is 8.54. The van der Waals surface area contributed by atoms with Crippen molar-refractivity contribution in [1.29, 1.82) is 0 Å². The quantitative estimate of drug-likeness (QED) is 0.622. The Hall–Kier alpha value is -0.940. The molecule has 1 aliphatic rings. The van der Waals surface area contributed by atoms with E-state index in [1.807, 2.05) is 13.8 Å². The van der Waals surface area contributed by atoms with Gasteiger partial charge in [0, 0.05) is 19.0 Å². The normalized spacial score (nSPS) is 27.8. The highest BCUT2D eigenvalue weighted by molar-refractivity contribution is 9.10. The average Bonchev–Trinajstić information content (AvgIpc) is 2.27. The smallest absolute Gasteiger partial charge is 0.338 e. The average molecular weight is 314 g/mol. The van der Waals surface area contributed by atoms with Gasteiger partial charge < -0.3 is 9.47 Å². The lowest BCUT2D eigenvalue weighted by atomic mass is 10.0. The van der Waals surface area contributed by atoms with Crippen molar-refractivity contribution in [3.63, 3.8) is 0 Å². The van der Waals surface area contributed by atoms with E-state index in [-0.39, 0.29) is 24.3 Å². The molecule has 5 heteroatoms. The van der Waals surface area contributed by atoms with Crippen molar-refractivity contribution in [2.24, 2.45) is 0 Å². The number of esters is 1. The van der Waals surface area contributed by atoms with Gasteiger partial charge in [0.2, 0.25) is 0 Å². The fourth-order valence-electron chi connectivity index (χ4n) is 2.19. The number of nitrogens with zero attached hydrogens (tertiary/aromatic N) is 1. The lowest BCUT2D eigenvalue weighted by Crippen LogP contribution is -2.35. The van der Waals surface area contributed by atoms with Gasteiger partial charge in [0.25, 0.3) is 0 Å². The Morgan fingerprint density at radius 2 is 2.11 bits per heavy atom.